The standard InChI is InChI=1S/C15H15N3O6S/c1-17-12-10(11(15(21)22)14(17)25(16,23)24)8-4-2-3-5-9(8)18(6-7-19)13(12)20/h2-5,19H,6-7H2,1H3,(H,21,22)(H2,16,23,24). The first-order valence-corrected chi connectivity index (χ1v) is 8.75. The maximum absolute atomic E-state index is 12.9. The number of benzene rings is 1. The van der Waals surface area contributed by atoms with Crippen LogP contribution in [0.2, 0.25) is 0 Å². The lowest BCUT2D eigenvalue weighted by Gasteiger charge is -2.11. The second-order valence-corrected chi connectivity index (χ2v) is 6.99. The number of primary sulfonamides is 1. The maximum Gasteiger partial charge on any atom is 0.339 e. The van der Waals surface area contributed by atoms with Gasteiger partial charge in [-0.1, -0.05) is 18.2 Å². The van der Waals surface area contributed by atoms with Crippen LogP contribution in [0.3, 0.4) is 0 Å². The average Bonchev–Trinajstić information content (AvgIpc) is 2.85. The highest BCUT2D eigenvalue weighted by Crippen LogP contribution is 2.32. The second-order valence-electron chi connectivity index (χ2n) is 5.51. The van der Waals surface area contributed by atoms with Crippen molar-refractivity contribution >= 4 is 37.8 Å². The fourth-order valence-corrected chi connectivity index (χ4v) is 4.13. The molecule has 0 aliphatic heterocycles. The molecule has 0 aliphatic carbocycles. The summed E-state index contributed by atoms with van der Waals surface area (Å²) in [5.74, 6) is -1.50. The Morgan fingerprint density at radius 2 is 1.92 bits per heavy atom. The van der Waals surface area contributed by atoms with Crippen LogP contribution in [0.1, 0.15) is 10.4 Å². The number of aliphatic hydroxyl groups is 1. The molecule has 0 atom stereocenters. The van der Waals surface area contributed by atoms with Crippen LogP contribution in [0, 0.1) is 0 Å². The third-order valence-corrected chi connectivity index (χ3v) is 5.08. The van der Waals surface area contributed by atoms with Crippen molar-refractivity contribution < 1.29 is 23.4 Å². The number of nitrogens with zero attached hydrogens (tertiary/aromatic N) is 2. The Balaban J connectivity index is 2.75. The molecule has 1 aromatic carbocycles. The number of carbonyl (C=O) groups is 1. The molecule has 0 saturated carbocycles. The van der Waals surface area contributed by atoms with Crippen LogP contribution in [0.5, 0.6) is 0 Å². The normalized spacial score (nSPS) is 12.1. The number of para-hydroxylation sites is 1. The average molecular weight is 365 g/mol. The van der Waals surface area contributed by atoms with E-state index >= 15 is 0 Å². The van der Waals surface area contributed by atoms with E-state index in [0.717, 1.165) is 4.57 Å². The lowest BCUT2D eigenvalue weighted by atomic mass is 10.1. The minimum absolute atomic E-state index is 0.00816. The molecule has 4 N–H and O–H groups in total. The van der Waals surface area contributed by atoms with Crippen molar-refractivity contribution in [2.45, 2.75) is 11.6 Å². The van der Waals surface area contributed by atoms with Crippen LogP contribution in [-0.2, 0) is 23.6 Å². The van der Waals surface area contributed by atoms with Crippen LogP contribution in [0.25, 0.3) is 21.8 Å². The fourth-order valence-electron chi connectivity index (χ4n) is 3.19. The summed E-state index contributed by atoms with van der Waals surface area (Å²) in [5, 5.41) is 23.8. The van der Waals surface area contributed by atoms with Gasteiger partial charge in [0.1, 0.15) is 11.1 Å². The predicted molar refractivity (Wildman–Crippen MR) is 90.1 cm³/mol. The first-order valence-electron chi connectivity index (χ1n) is 7.21. The molecule has 10 heteroatoms. The number of rotatable bonds is 4. The summed E-state index contributed by atoms with van der Waals surface area (Å²) in [7, 11) is -3.13. The molecular formula is C15H15N3O6S. The summed E-state index contributed by atoms with van der Waals surface area (Å²) in [6.45, 7) is -0.332. The molecule has 9 nitrogen and oxygen atoms in total. The number of aromatic nitrogens is 2. The molecule has 3 aromatic rings. The molecule has 0 aliphatic rings. The Labute approximate surface area is 141 Å². The van der Waals surface area contributed by atoms with Gasteiger partial charge in [-0.05, 0) is 6.07 Å². The number of pyridine rings is 1. The molecule has 2 heterocycles. The number of aliphatic hydroxyl groups excluding tert-OH is 1. The maximum atomic E-state index is 12.9. The molecule has 0 amide bonds. The quantitative estimate of drug-likeness (QED) is 0.585. The number of nitrogens with two attached hydrogens (primary N) is 1. The van der Waals surface area contributed by atoms with Crippen molar-refractivity contribution in [1.82, 2.24) is 9.13 Å². The fraction of sp³-hybridized carbons (Fsp3) is 0.200. The van der Waals surface area contributed by atoms with E-state index < -0.39 is 32.1 Å². The summed E-state index contributed by atoms with van der Waals surface area (Å²) >= 11 is 0. The lowest BCUT2D eigenvalue weighted by molar-refractivity contribution is 0.0694. The number of carboxylic acids is 1. The number of aryl methyl sites for hydroxylation is 1. The van der Waals surface area contributed by atoms with Gasteiger partial charge in [-0.25, -0.2) is 18.4 Å². The number of sulfonamides is 1. The van der Waals surface area contributed by atoms with Gasteiger partial charge in [-0.2, -0.15) is 0 Å². The van der Waals surface area contributed by atoms with Crippen LogP contribution in [-0.4, -0.2) is 40.3 Å². The highest BCUT2D eigenvalue weighted by molar-refractivity contribution is 7.89. The summed E-state index contributed by atoms with van der Waals surface area (Å²) in [6.07, 6.45) is 0. The predicted octanol–water partition coefficient (Wildman–Crippen LogP) is -0.169. The molecule has 2 aromatic heterocycles. The zero-order valence-corrected chi connectivity index (χ0v) is 13.9. The monoisotopic (exact) mass is 365 g/mol. The van der Waals surface area contributed by atoms with Gasteiger partial charge in [0.2, 0.25) is 0 Å². The first-order chi connectivity index (χ1) is 11.7. The lowest BCUT2D eigenvalue weighted by Crippen LogP contribution is -2.24. The van der Waals surface area contributed by atoms with E-state index in [4.69, 9.17) is 5.14 Å². The number of aromatic carboxylic acids is 1. The Bertz CT molecular complexity index is 1190. The smallest absolute Gasteiger partial charge is 0.339 e. The minimum atomic E-state index is -4.40. The molecule has 0 spiro atoms. The third-order valence-electron chi connectivity index (χ3n) is 4.06. The van der Waals surface area contributed by atoms with Crippen molar-refractivity contribution in [3.8, 4) is 0 Å². The first kappa shape index (κ1) is 17.1. The number of hydrogen-bond donors (Lipinski definition) is 3. The summed E-state index contributed by atoms with van der Waals surface area (Å²) in [6, 6.07) is 6.49. The van der Waals surface area contributed by atoms with Crippen molar-refractivity contribution in [2.24, 2.45) is 12.2 Å². The zero-order valence-electron chi connectivity index (χ0n) is 13.1. The zero-order chi connectivity index (χ0) is 18.5. The molecule has 0 unspecified atom stereocenters. The Hall–Kier alpha value is -2.69. The second kappa shape index (κ2) is 5.69. The third kappa shape index (κ3) is 2.42. The highest BCUT2D eigenvalue weighted by atomic mass is 32.2. The molecule has 25 heavy (non-hydrogen) atoms. The van der Waals surface area contributed by atoms with Crippen molar-refractivity contribution in [3.63, 3.8) is 0 Å². The molecule has 0 bridgehead atoms. The van der Waals surface area contributed by atoms with Gasteiger partial charge in [0.05, 0.1) is 12.1 Å². The molecule has 132 valence electrons. The van der Waals surface area contributed by atoms with Crippen LogP contribution >= 0.6 is 0 Å². The number of fused-ring (bicyclic) bond motifs is 3. The van der Waals surface area contributed by atoms with Gasteiger partial charge >= 0.3 is 5.97 Å². The van der Waals surface area contributed by atoms with Crippen molar-refractivity contribution in [1.29, 1.82) is 0 Å². The van der Waals surface area contributed by atoms with E-state index in [9.17, 15) is 28.2 Å². The van der Waals surface area contributed by atoms with Gasteiger partial charge in [0.15, 0.2) is 5.03 Å². The van der Waals surface area contributed by atoms with Gasteiger partial charge < -0.3 is 19.3 Å². The van der Waals surface area contributed by atoms with Gasteiger partial charge in [-0.15, -0.1) is 0 Å². The molecule has 0 saturated heterocycles. The van der Waals surface area contributed by atoms with Gasteiger partial charge in [0, 0.05) is 24.4 Å². The van der Waals surface area contributed by atoms with Crippen LogP contribution < -0.4 is 10.7 Å². The largest absolute Gasteiger partial charge is 0.478 e. The Morgan fingerprint density at radius 1 is 1.28 bits per heavy atom. The van der Waals surface area contributed by atoms with Crippen LogP contribution in [0.15, 0.2) is 34.1 Å². The molecule has 0 fully saturated rings. The highest BCUT2D eigenvalue weighted by Gasteiger charge is 2.31. The van der Waals surface area contributed by atoms with Crippen molar-refractivity contribution in [3.05, 3.63) is 40.2 Å². The summed E-state index contributed by atoms with van der Waals surface area (Å²) in [5.41, 5.74) is -0.858. The van der Waals surface area contributed by atoms with Crippen LogP contribution in [0.4, 0.5) is 0 Å². The number of hydrogen-bond acceptors (Lipinski definition) is 5. The van der Waals surface area contributed by atoms with E-state index in [1.54, 1.807) is 24.3 Å². The van der Waals surface area contributed by atoms with Gasteiger partial charge in [0.25, 0.3) is 15.6 Å². The minimum Gasteiger partial charge on any atom is -0.478 e. The Kier molecular flexibility index (Phi) is 3.90. The van der Waals surface area contributed by atoms with E-state index in [0.29, 0.717) is 10.9 Å². The molecular weight excluding hydrogens is 350 g/mol. The van der Waals surface area contributed by atoms with E-state index in [-0.39, 0.29) is 24.1 Å². The SMILES string of the molecule is Cn1c(S(N)(=O)=O)c(C(=O)O)c2c3ccccc3n(CCO)c(=O)c21. The topological polar surface area (TPSA) is 145 Å². The number of carboxylic acid groups (broad SMARTS) is 1. The Morgan fingerprint density at radius 3 is 2.48 bits per heavy atom. The molecule has 0 radical (unpaired) electrons. The van der Waals surface area contributed by atoms with E-state index in [1.165, 1.54) is 11.6 Å². The summed E-state index contributed by atoms with van der Waals surface area (Å²) < 4.78 is 26.2. The van der Waals surface area contributed by atoms with Crippen molar-refractivity contribution in [2.75, 3.05) is 6.61 Å². The van der Waals surface area contributed by atoms with Gasteiger partial charge in [-0.3, -0.25) is 4.79 Å². The molecule has 3 rings (SSSR count). The van der Waals surface area contributed by atoms with E-state index in [2.05, 4.69) is 0 Å². The van der Waals surface area contributed by atoms with E-state index in [1.807, 2.05) is 0 Å². The summed E-state index contributed by atoms with van der Waals surface area (Å²) in [4.78, 5) is 24.6.